The molecule has 0 N–H and O–H groups in total. The van der Waals surface area contributed by atoms with E-state index in [2.05, 4.69) is 38.0 Å². The predicted molar refractivity (Wildman–Crippen MR) is 117 cm³/mol. The van der Waals surface area contributed by atoms with Crippen LogP contribution >= 0.6 is 0 Å². The lowest BCUT2D eigenvalue weighted by Crippen LogP contribution is -2.55. The summed E-state index contributed by atoms with van der Waals surface area (Å²) < 4.78 is 0. The minimum atomic E-state index is -0.173. The van der Waals surface area contributed by atoms with E-state index >= 15 is 0 Å². The molecule has 0 bridgehead atoms. The van der Waals surface area contributed by atoms with Crippen molar-refractivity contribution in [3.05, 3.63) is 60.9 Å². The topological polar surface area (TPSA) is 52.6 Å². The first-order chi connectivity index (χ1) is 14.2. The van der Waals surface area contributed by atoms with Crippen LogP contribution < -0.4 is 9.80 Å². The number of amides is 1. The molecule has 1 atom stereocenters. The molecule has 0 radical (unpaired) electrons. The van der Waals surface area contributed by atoms with Gasteiger partial charge in [0, 0.05) is 50.5 Å². The molecule has 1 aliphatic rings. The summed E-state index contributed by atoms with van der Waals surface area (Å²) in [4.78, 5) is 28.4. The zero-order valence-electron chi connectivity index (χ0n) is 17.0. The number of nitrogens with zero attached hydrogens (tertiary/aromatic N) is 5. The van der Waals surface area contributed by atoms with Crippen molar-refractivity contribution in [3.63, 3.8) is 0 Å². The number of anilines is 2. The third-order valence-electron chi connectivity index (χ3n) is 5.69. The molecule has 0 spiro atoms. The standard InChI is InChI=1S/C23H27N5O/c1-3-28(21-11-6-9-19-8-4-5-10-20(19)21)22(29)18(2)26-14-16-27(17-15-26)23-24-12-7-13-25-23/h4-13,18H,3,14-17H2,1-2H3/t18-/m1/s1. The Bertz CT molecular complexity index is 964. The van der Waals surface area contributed by atoms with Crippen molar-refractivity contribution in [1.29, 1.82) is 0 Å². The van der Waals surface area contributed by atoms with Gasteiger partial charge >= 0.3 is 0 Å². The van der Waals surface area contributed by atoms with Crippen LogP contribution in [0, 0.1) is 0 Å². The largest absolute Gasteiger partial charge is 0.338 e. The summed E-state index contributed by atoms with van der Waals surface area (Å²) in [6.07, 6.45) is 3.54. The minimum Gasteiger partial charge on any atom is -0.338 e. The highest BCUT2D eigenvalue weighted by Crippen LogP contribution is 2.27. The molecule has 1 aliphatic heterocycles. The zero-order valence-corrected chi connectivity index (χ0v) is 17.0. The summed E-state index contributed by atoms with van der Waals surface area (Å²) >= 11 is 0. The molecule has 4 rings (SSSR count). The Morgan fingerprint density at radius 1 is 1.00 bits per heavy atom. The summed E-state index contributed by atoms with van der Waals surface area (Å²) in [5, 5.41) is 2.27. The number of likely N-dealkylation sites (N-methyl/N-ethyl adjacent to an activating group) is 1. The van der Waals surface area contributed by atoms with E-state index in [1.165, 1.54) is 0 Å². The Balaban J connectivity index is 1.48. The number of benzene rings is 2. The van der Waals surface area contributed by atoms with Crippen molar-refractivity contribution in [2.75, 3.05) is 42.5 Å². The Kier molecular flexibility index (Phi) is 5.71. The Morgan fingerprint density at radius 3 is 2.41 bits per heavy atom. The number of aromatic nitrogens is 2. The van der Waals surface area contributed by atoms with E-state index in [0.717, 1.165) is 48.6 Å². The van der Waals surface area contributed by atoms with Gasteiger partial charge in [-0.15, -0.1) is 0 Å². The SMILES string of the molecule is CCN(C(=O)[C@@H](C)N1CCN(c2ncccn2)CC1)c1cccc2ccccc12. The maximum atomic E-state index is 13.4. The average Bonchev–Trinajstić information content (AvgIpc) is 2.80. The van der Waals surface area contributed by atoms with E-state index in [4.69, 9.17) is 0 Å². The van der Waals surface area contributed by atoms with Gasteiger partial charge in [-0.1, -0.05) is 36.4 Å². The van der Waals surface area contributed by atoms with Crippen LogP contribution in [0.15, 0.2) is 60.9 Å². The number of rotatable bonds is 5. The molecule has 2 aromatic carbocycles. The highest BCUT2D eigenvalue weighted by atomic mass is 16.2. The second-order valence-electron chi connectivity index (χ2n) is 7.33. The number of hydrogen-bond donors (Lipinski definition) is 0. The van der Waals surface area contributed by atoms with Gasteiger partial charge in [0.1, 0.15) is 0 Å². The van der Waals surface area contributed by atoms with Gasteiger partial charge in [0.05, 0.1) is 11.7 Å². The highest BCUT2D eigenvalue weighted by Gasteiger charge is 2.30. The molecule has 1 saturated heterocycles. The Hall–Kier alpha value is -2.99. The lowest BCUT2D eigenvalue weighted by Gasteiger charge is -2.39. The van der Waals surface area contributed by atoms with Crippen molar-refractivity contribution in [3.8, 4) is 0 Å². The van der Waals surface area contributed by atoms with Crippen LogP contribution in [0.5, 0.6) is 0 Å². The fraction of sp³-hybridized carbons (Fsp3) is 0.348. The van der Waals surface area contributed by atoms with Crippen LogP contribution in [0.2, 0.25) is 0 Å². The second kappa shape index (κ2) is 8.57. The molecule has 0 aliphatic carbocycles. The number of carbonyl (C=O) groups is 1. The van der Waals surface area contributed by atoms with Gasteiger partial charge in [0.15, 0.2) is 0 Å². The first-order valence-corrected chi connectivity index (χ1v) is 10.2. The van der Waals surface area contributed by atoms with Gasteiger partial charge in [0.25, 0.3) is 0 Å². The maximum Gasteiger partial charge on any atom is 0.244 e. The fourth-order valence-corrected chi connectivity index (χ4v) is 4.03. The molecule has 0 saturated carbocycles. The van der Waals surface area contributed by atoms with Crippen molar-refractivity contribution in [2.45, 2.75) is 19.9 Å². The Labute approximate surface area is 171 Å². The molecule has 6 nitrogen and oxygen atoms in total. The van der Waals surface area contributed by atoms with Gasteiger partial charge in [-0.2, -0.15) is 0 Å². The minimum absolute atomic E-state index is 0.147. The van der Waals surface area contributed by atoms with Gasteiger partial charge in [-0.3, -0.25) is 9.69 Å². The van der Waals surface area contributed by atoms with E-state index in [0.29, 0.717) is 6.54 Å². The van der Waals surface area contributed by atoms with Gasteiger partial charge in [-0.25, -0.2) is 9.97 Å². The molecule has 1 aromatic heterocycles. The van der Waals surface area contributed by atoms with E-state index in [1.54, 1.807) is 12.4 Å². The van der Waals surface area contributed by atoms with Crippen LogP contribution in [0.25, 0.3) is 10.8 Å². The highest BCUT2D eigenvalue weighted by molar-refractivity contribution is 6.05. The van der Waals surface area contributed by atoms with Gasteiger partial charge < -0.3 is 9.80 Å². The van der Waals surface area contributed by atoms with Crippen LogP contribution in [0.4, 0.5) is 11.6 Å². The third-order valence-corrected chi connectivity index (χ3v) is 5.69. The second-order valence-corrected chi connectivity index (χ2v) is 7.33. The van der Waals surface area contributed by atoms with E-state index in [1.807, 2.05) is 49.1 Å². The van der Waals surface area contributed by atoms with E-state index in [9.17, 15) is 4.79 Å². The van der Waals surface area contributed by atoms with E-state index < -0.39 is 0 Å². The summed E-state index contributed by atoms with van der Waals surface area (Å²) in [5.41, 5.74) is 0.985. The summed E-state index contributed by atoms with van der Waals surface area (Å²) in [6.45, 7) is 7.98. The summed E-state index contributed by atoms with van der Waals surface area (Å²) in [7, 11) is 0. The molecule has 29 heavy (non-hydrogen) atoms. The molecule has 2 heterocycles. The third kappa shape index (κ3) is 3.93. The normalized spacial score (nSPS) is 16.0. The number of hydrogen-bond acceptors (Lipinski definition) is 5. The Morgan fingerprint density at radius 2 is 1.69 bits per heavy atom. The number of carbonyl (C=O) groups excluding carboxylic acids is 1. The van der Waals surface area contributed by atoms with Crippen LogP contribution in [-0.4, -0.2) is 59.5 Å². The number of piperazine rings is 1. The zero-order chi connectivity index (χ0) is 20.2. The molecule has 6 heteroatoms. The quantitative estimate of drug-likeness (QED) is 0.671. The van der Waals surface area contributed by atoms with Gasteiger partial charge in [-0.05, 0) is 31.4 Å². The molecule has 3 aromatic rings. The maximum absolute atomic E-state index is 13.4. The van der Waals surface area contributed by atoms with Crippen molar-refractivity contribution < 1.29 is 4.79 Å². The van der Waals surface area contributed by atoms with Crippen molar-refractivity contribution in [2.24, 2.45) is 0 Å². The smallest absolute Gasteiger partial charge is 0.244 e. The molecule has 1 amide bonds. The molecular formula is C23H27N5O. The van der Waals surface area contributed by atoms with Crippen LogP contribution in [0.1, 0.15) is 13.8 Å². The fourth-order valence-electron chi connectivity index (χ4n) is 4.03. The molecular weight excluding hydrogens is 362 g/mol. The lowest BCUT2D eigenvalue weighted by molar-refractivity contribution is -0.123. The van der Waals surface area contributed by atoms with Crippen molar-refractivity contribution in [1.82, 2.24) is 14.9 Å². The molecule has 1 fully saturated rings. The molecule has 150 valence electrons. The average molecular weight is 390 g/mol. The predicted octanol–water partition coefficient (Wildman–Crippen LogP) is 3.19. The van der Waals surface area contributed by atoms with Crippen LogP contribution in [0.3, 0.4) is 0 Å². The summed E-state index contributed by atoms with van der Waals surface area (Å²) in [6, 6.07) is 16.0. The number of fused-ring (bicyclic) bond motifs is 1. The van der Waals surface area contributed by atoms with E-state index in [-0.39, 0.29) is 11.9 Å². The lowest BCUT2D eigenvalue weighted by atomic mass is 10.1. The first-order valence-electron chi connectivity index (χ1n) is 10.2. The van der Waals surface area contributed by atoms with Crippen molar-refractivity contribution >= 4 is 28.3 Å². The molecule has 0 unspecified atom stereocenters. The first kappa shape index (κ1) is 19.3. The van der Waals surface area contributed by atoms with Crippen LogP contribution in [-0.2, 0) is 4.79 Å². The van der Waals surface area contributed by atoms with Gasteiger partial charge in [0.2, 0.25) is 11.9 Å². The summed E-state index contributed by atoms with van der Waals surface area (Å²) in [5.74, 6) is 0.908. The monoisotopic (exact) mass is 389 g/mol.